The van der Waals surface area contributed by atoms with Crippen molar-refractivity contribution < 1.29 is 14.1 Å². The highest BCUT2D eigenvalue weighted by atomic mass is 16.5. The van der Waals surface area contributed by atoms with Gasteiger partial charge in [0.1, 0.15) is 29.0 Å². The Morgan fingerprint density at radius 3 is 2.44 bits per heavy atom. The number of anilines is 1. The molecule has 8 heteroatoms. The van der Waals surface area contributed by atoms with Gasteiger partial charge < -0.3 is 19.1 Å². The molecule has 0 unspecified atom stereocenters. The van der Waals surface area contributed by atoms with Gasteiger partial charge in [-0.25, -0.2) is 4.98 Å². The van der Waals surface area contributed by atoms with Gasteiger partial charge in [-0.05, 0) is 55.9 Å². The summed E-state index contributed by atoms with van der Waals surface area (Å²) in [5.41, 5.74) is 2.12. The van der Waals surface area contributed by atoms with Crippen molar-refractivity contribution in [2.45, 2.75) is 32.6 Å². The van der Waals surface area contributed by atoms with E-state index in [2.05, 4.69) is 31.8 Å². The summed E-state index contributed by atoms with van der Waals surface area (Å²) in [4.78, 5) is 26.2. The number of ether oxygens (including phenoxy) is 1. The van der Waals surface area contributed by atoms with Crippen LogP contribution in [0.25, 0.3) is 22.4 Å². The predicted octanol–water partition coefficient (Wildman–Crippen LogP) is 3.77. The zero-order chi connectivity index (χ0) is 22.1. The van der Waals surface area contributed by atoms with Crippen molar-refractivity contribution in [2.75, 3.05) is 38.2 Å². The van der Waals surface area contributed by atoms with Crippen LogP contribution in [0.1, 0.15) is 32.6 Å². The Morgan fingerprint density at radius 1 is 1.03 bits per heavy atom. The van der Waals surface area contributed by atoms with E-state index in [9.17, 15) is 4.79 Å². The van der Waals surface area contributed by atoms with E-state index >= 15 is 0 Å². The fourth-order valence-corrected chi connectivity index (χ4v) is 4.78. The second-order valence-electron chi connectivity index (χ2n) is 8.91. The molecule has 2 aromatic heterocycles. The van der Waals surface area contributed by atoms with Crippen molar-refractivity contribution in [1.82, 2.24) is 20.0 Å². The summed E-state index contributed by atoms with van der Waals surface area (Å²) < 4.78 is 10.8. The second kappa shape index (κ2) is 8.76. The van der Waals surface area contributed by atoms with E-state index in [4.69, 9.17) is 9.26 Å². The first-order valence-corrected chi connectivity index (χ1v) is 11.4. The molecule has 2 saturated heterocycles. The van der Waals surface area contributed by atoms with Crippen LogP contribution in [-0.4, -0.2) is 59.2 Å². The molecular formula is C24H29N5O3. The number of piperidine rings is 2. The molecule has 0 N–H and O–H groups in total. The average molecular weight is 436 g/mol. The molecule has 0 aliphatic carbocycles. The zero-order valence-corrected chi connectivity index (χ0v) is 18.7. The third kappa shape index (κ3) is 3.89. The third-order valence-corrected chi connectivity index (χ3v) is 6.86. The fraction of sp³-hybridized carbons (Fsp3) is 0.500. The zero-order valence-electron chi connectivity index (χ0n) is 18.7. The lowest BCUT2D eigenvalue weighted by Gasteiger charge is -2.37. The van der Waals surface area contributed by atoms with Gasteiger partial charge in [0.05, 0.1) is 7.11 Å². The Balaban J connectivity index is 1.34. The molecule has 0 radical (unpaired) electrons. The number of aromatic nitrogens is 3. The van der Waals surface area contributed by atoms with E-state index in [1.807, 2.05) is 24.3 Å². The van der Waals surface area contributed by atoms with Crippen molar-refractivity contribution in [3.8, 4) is 17.0 Å². The Labute approximate surface area is 187 Å². The van der Waals surface area contributed by atoms with Crippen molar-refractivity contribution >= 4 is 22.8 Å². The lowest BCUT2D eigenvalue weighted by atomic mass is 9.92. The maximum absolute atomic E-state index is 13.0. The number of methoxy groups -OCH3 is 1. The molecular weight excluding hydrogens is 406 g/mol. The highest BCUT2D eigenvalue weighted by Gasteiger charge is 2.31. The molecule has 1 aromatic carbocycles. The average Bonchev–Trinajstić information content (AvgIpc) is 3.29. The number of amides is 1. The van der Waals surface area contributed by atoms with E-state index in [1.54, 1.807) is 7.11 Å². The minimum Gasteiger partial charge on any atom is -0.497 e. The van der Waals surface area contributed by atoms with E-state index in [-0.39, 0.29) is 5.92 Å². The van der Waals surface area contributed by atoms with Crippen LogP contribution >= 0.6 is 0 Å². The summed E-state index contributed by atoms with van der Waals surface area (Å²) in [6.45, 7) is 5.63. The Morgan fingerprint density at radius 2 is 1.75 bits per heavy atom. The lowest BCUT2D eigenvalue weighted by Crippen LogP contribution is -2.45. The molecule has 32 heavy (non-hydrogen) atoms. The first-order chi connectivity index (χ1) is 15.6. The number of hydrogen-bond acceptors (Lipinski definition) is 7. The summed E-state index contributed by atoms with van der Waals surface area (Å²) in [7, 11) is 1.65. The standard InChI is InChI=1S/C24H29N5O3/c1-16-7-11-29(12-8-16)24(30)18-9-13-28(14-10-18)22-20-21(27-32-23(20)26-15-25-22)17-3-5-19(31-2)6-4-17/h3-6,15-16,18H,7-14H2,1-2H3. The van der Waals surface area contributed by atoms with E-state index < -0.39 is 0 Å². The minimum absolute atomic E-state index is 0.0977. The lowest BCUT2D eigenvalue weighted by molar-refractivity contribution is -0.137. The van der Waals surface area contributed by atoms with Gasteiger partial charge in [0, 0.05) is 37.7 Å². The smallest absolute Gasteiger partial charge is 0.263 e. The molecule has 4 heterocycles. The molecule has 168 valence electrons. The van der Waals surface area contributed by atoms with Gasteiger partial charge in [0.25, 0.3) is 5.71 Å². The summed E-state index contributed by atoms with van der Waals surface area (Å²) in [6, 6.07) is 7.71. The largest absolute Gasteiger partial charge is 0.497 e. The van der Waals surface area contributed by atoms with Crippen LogP contribution < -0.4 is 9.64 Å². The van der Waals surface area contributed by atoms with Gasteiger partial charge in [0.2, 0.25) is 5.91 Å². The quantitative estimate of drug-likeness (QED) is 0.617. The van der Waals surface area contributed by atoms with Gasteiger partial charge in [-0.3, -0.25) is 4.79 Å². The highest BCUT2D eigenvalue weighted by Crippen LogP contribution is 2.35. The minimum atomic E-state index is 0.0977. The molecule has 2 aliphatic heterocycles. The first kappa shape index (κ1) is 20.7. The number of likely N-dealkylation sites (tertiary alicyclic amines) is 1. The monoisotopic (exact) mass is 435 g/mol. The molecule has 5 rings (SSSR count). The van der Waals surface area contributed by atoms with Gasteiger partial charge in [-0.1, -0.05) is 12.1 Å². The number of rotatable bonds is 4. The maximum atomic E-state index is 13.0. The summed E-state index contributed by atoms with van der Waals surface area (Å²) in [5, 5.41) is 5.09. The van der Waals surface area contributed by atoms with Crippen LogP contribution in [0.4, 0.5) is 5.82 Å². The molecule has 2 fully saturated rings. The van der Waals surface area contributed by atoms with Crippen LogP contribution in [0.15, 0.2) is 35.1 Å². The molecule has 0 bridgehead atoms. The van der Waals surface area contributed by atoms with Gasteiger partial charge in [0.15, 0.2) is 0 Å². The van der Waals surface area contributed by atoms with Crippen molar-refractivity contribution in [3.63, 3.8) is 0 Å². The molecule has 0 spiro atoms. The second-order valence-corrected chi connectivity index (χ2v) is 8.91. The Kier molecular flexibility index (Phi) is 5.68. The number of nitrogens with zero attached hydrogens (tertiary/aromatic N) is 5. The van der Waals surface area contributed by atoms with Crippen LogP contribution in [0, 0.1) is 11.8 Å². The van der Waals surface area contributed by atoms with Crippen molar-refractivity contribution in [1.29, 1.82) is 0 Å². The topological polar surface area (TPSA) is 84.6 Å². The SMILES string of the molecule is COc1ccc(-c2noc3ncnc(N4CCC(C(=O)N5CCC(C)CC5)CC4)c23)cc1. The number of carbonyl (C=O) groups is 1. The van der Waals surface area contributed by atoms with Gasteiger partial charge >= 0.3 is 0 Å². The number of carbonyl (C=O) groups excluding carboxylic acids is 1. The van der Waals surface area contributed by atoms with Gasteiger partial charge in [-0.15, -0.1) is 0 Å². The number of benzene rings is 1. The maximum Gasteiger partial charge on any atom is 0.263 e. The molecule has 0 saturated carbocycles. The summed E-state index contributed by atoms with van der Waals surface area (Å²) in [5.74, 6) is 2.76. The summed E-state index contributed by atoms with van der Waals surface area (Å²) >= 11 is 0. The molecule has 1 amide bonds. The van der Waals surface area contributed by atoms with E-state index in [1.165, 1.54) is 6.33 Å². The Bertz CT molecular complexity index is 1080. The summed E-state index contributed by atoms with van der Waals surface area (Å²) in [6.07, 6.45) is 5.42. The molecule has 8 nitrogen and oxygen atoms in total. The molecule has 0 atom stereocenters. The highest BCUT2D eigenvalue weighted by molar-refractivity contribution is 5.98. The Hall–Kier alpha value is -3.16. The van der Waals surface area contributed by atoms with Crippen LogP contribution in [0.3, 0.4) is 0 Å². The number of hydrogen-bond donors (Lipinski definition) is 0. The molecule has 2 aliphatic rings. The van der Waals surface area contributed by atoms with Gasteiger partial charge in [-0.2, -0.15) is 4.98 Å². The van der Waals surface area contributed by atoms with E-state index in [0.717, 1.165) is 86.0 Å². The van der Waals surface area contributed by atoms with Crippen LogP contribution in [0.2, 0.25) is 0 Å². The van der Waals surface area contributed by atoms with Crippen LogP contribution in [-0.2, 0) is 4.79 Å². The normalized spacial score (nSPS) is 18.3. The predicted molar refractivity (Wildman–Crippen MR) is 122 cm³/mol. The van der Waals surface area contributed by atoms with Crippen molar-refractivity contribution in [3.05, 3.63) is 30.6 Å². The molecule has 3 aromatic rings. The van der Waals surface area contributed by atoms with Crippen LogP contribution in [0.5, 0.6) is 5.75 Å². The van der Waals surface area contributed by atoms with Crippen molar-refractivity contribution in [2.24, 2.45) is 11.8 Å². The number of fused-ring (bicyclic) bond motifs is 1. The third-order valence-electron chi connectivity index (χ3n) is 6.86. The van der Waals surface area contributed by atoms with E-state index in [0.29, 0.717) is 11.6 Å². The first-order valence-electron chi connectivity index (χ1n) is 11.4. The fourth-order valence-electron chi connectivity index (χ4n) is 4.78.